The Morgan fingerprint density at radius 2 is 1.94 bits per heavy atom. The van der Waals surface area contributed by atoms with Crippen molar-refractivity contribution in [3.63, 3.8) is 0 Å². The Bertz CT molecular complexity index is 1130. The minimum atomic E-state index is -0.310. The Labute approximate surface area is 185 Å². The number of aromatic nitrogens is 4. The first-order chi connectivity index (χ1) is 15.6. The molecule has 3 aromatic rings. The van der Waals surface area contributed by atoms with Crippen LogP contribution in [0.25, 0.3) is 5.69 Å². The molecule has 9 heteroatoms. The second-order valence-corrected chi connectivity index (χ2v) is 8.13. The van der Waals surface area contributed by atoms with E-state index in [4.69, 9.17) is 9.47 Å². The Morgan fingerprint density at radius 3 is 2.72 bits per heavy atom. The highest BCUT2D eigenvalue weighted by molar-refractivity contribution is 5.79. The van der Waals surface area contributed by atoms with Gasteiger partial charge in [0.2, 0.25) is 11.8 Å². The molecule has 2 aliphatic heterocycles. The van der Waals surface area contributed by atoms with E-state index in [1.54, 1.807) is 16.8 Å². The van der Waals surface area contributed by atoms with Crippen LogP contribution in [0.4, 0.5) is 4.39 Å². The summed E-state index contributed by atoms with van der Waals surface area (Å²) in [6.45, 7) is 4.44. The third-order valence-electron chi connectivity index (χ3n) is 6.01. The fraction of sp³-hybridized carbons (Fsp3) is 0.391. The quantitative estimate of drug-likeness (QED) is 0.610. The predicted octanol–water partition coefficient (Wildman–Crippen LogP) is 2.96. The second-order valence-electron chi connectivity index (χ2n) is 8.13. The molecule has 0 bridgehead atoms. The molecule has 32 heavy (non-hydrogen) atoms. The van der Waals surface area contributed by atoms with Crippen LogP contribution in [0, 0.1) is 18.7 Å². The van der Waals surface area contributed by atoms with Crippen molar-refractivity contribution in [1.29, 1.82) is 0 Å². The zero-order valence-electron chi connectivity index (χ0n) is 17.8. The van der Waals surface area contributed by atoms with Gasteiger partial charge in [0.15, 0.2) is 0 Å². The molecule has 8 nitrogen and oxygen atoms in total. The summed E-state index contributed by atoms with van der Waals surface area (Å²) in [7, 11) is 0. The predicted molar refractivity (Wildman–Crippen MR) is 112 cm³/mol. The smallest absolute Gasteiger partial charge is 0.226 e. The number of rotatable bonds is 5. The SMILES string of the molecule is Cc1nnn(-c2ccc(F)cc2)c1COc1ccc2c(n1)CN(C(=O)C1CCOCC1)C2. The molecule has 4 heterocycles. The zero-order chi connectivity index (χ0) is 22.1. The van der Waals surface area contributed by atoms with E-state index in [9.17, 15) is 9.18 Å². The monoisotopic (exact) mass is 437 g/mol. The number of carbonyl (C=O) groups excluding carboxylic acids is 1. The molecule has 0 spiro atoms. The van der Waals surface area contributed by atoms with Crippen LogP contribution < -0.4 is 4.74 Å². The molecule has 2 aliphatic rings. The van der Waals surface area contributed by atoms with Gasteiger partial charge in [0, 0.05) is 31.7 Å². The standard InChI is InChI=1S/C23H24FN5O3/c1-15-21(29(27-26-15)19-5-3-18(24)4-6-19)14-32-22-7-2-17-12-28(13-20(17)25-22)23(30)16-8-10-31-11-9-16/h2-7,16H,8-14H2,1H3. The number of fused-ring (bicyclic) bond motifs is 1. The molecule has 1 saturated heterocycles. The number of pyridine rings is 1. The minimum Gasteiger partial charge on any atom is -0.471 e. The van der Waals surface area contributed by atoms with Gasteiger partial charge in [-0.3, -0.25) is 4.79 Å². The van der Waals surface area contributed by atoms with E-state index in [-0.39, 0.29) is 24.2 Å². The average Bonchev–Trinajstić information content (AvgIpc) is 3.41. The van der Waals surface area contributed by atoms with Gasteiger partial charge in [0.05, 0.1) is 23.6 Å². The van der Waals surface area contributed by atoms with Gasteiger partial charge in [-0.2, -0.15) is 0 Å². The molecule has 1 aromatic carbocycles. The lowest BCUT2D eigenvalue weighted by Gasteiger charge is -2.25. The number of carbonyl (C=O) groups is 1. The van der Waals surface area contributed by atoms with E-state index in [1.807, 2.05) is 24.0 Å². The highest BCUT2D eigenvalue weighted by Gasteiger charge is 2.31. The maximum absolute atomic E-state index is 13.3. The van der Waals surface area contributed by atoms with Crippen molar-refractivity contribution in [3.8, 4) is 11.6 Å². The fourth-order valence-electron chi connectivity index (χ4n) is 4.15. The largest absolute Gasteiger partial charge is 0.471 e. The van der Waals surface area contributed by atoms with Gasteiger partial charge in [-0.05, 0) is 55.7 Å². The van der Waals surface area contributed by atoms with Crippen LogP contribution in [0.2, 0.25) is 0 Å². The number of hydrogen-bond acceptors (Lipinski definition) is 6. The van der Waals surface area contributed by atoms with Crippen LogP contribution in [-0.2, 0) is 29.2 Å². The summed E-state index contributed by atoms with van der Waals surface area (Å²) >= 11 is 0. The van der Waals surface area contributed by atoms with Crippen LogP contribution in [0.15, 0.2) is 36.4 Å². The lowest BCUT2D eigenvalue weighted by atomic mass is 9.99. The van der Waals surface area contributed by atoms with Crippen molar-refractivity contribution in [3.05, 3.63) is 64.9 Å². The molecular formula is C23H24FN5O3. The van der Waals surface area contributed by atoms with Crippen LogP contribution in [0.3, 0.4) is 0 Å². The number of aryl methyl sites for hydroxylation is 1. The lowest BCUT2D eigenvalue weighted by Crippen LogP contribution is -2.35. The van der Waals surface area contributed by atoms with Crippen molar-refractivity contribution in [1.82, 2.24) is 24.9 Å². The molecule has 0 N–H and O–H groups in total. The molecule has 2 aromatic heterocycles. The maximum Gasteiger partial charge on any atom is 0.226 e. The summed E-state index contributed by atoms with van der Waals surface area (Å²) in [5, 5.41) is 8.28. The Balaban J connectivity index is 1.27. The first-order valence-corrected chi connectivity index (χ1v) is 10.7. The highest BCUT2D eigenvalue weighted by atomic mass is 19.1. The molecule has 1 amide bonds. The summed E-state index contributed by atoms with van der Waals surface area (Å²) in [5.74, 6) is 0.389. The summed E-state index contributed by atoms with van der Waals surface area (Å²) in [4.78, 5) is 19.3. The molecule has 0 unspecified atom stereocenters. The molecular weight excluding hydrogens is 413 g/mol. The summed E-state index contributed by atoms with van der Waals surface area (Å²) in [6, 6.07) is 9.84. The van der Waals surface area contributed by atoms with E-state index in [0.717, 1.165) is 35.5 Å². The van der Waals surface area contributed by atoms with Gasteiger partial charge in [0.1, 0.15) is 18.1 Å². The lowest BCUT2D eigenvalue weighted by molar-refractivity contribution is -0.139. The van der Waals surface area contributed by atoms with E-state index in [0.29, 0.717) is 37.9 Å². The number of halogens is 1. The Kier molecular flexibility index (Phi) is 5.57. The second kappa shape index (κ2) is 8.66. The normalized spacial score (nSPS) is 16.2. The van der Waals surface area contributed by atoms with E-state index < -0.39 is 0 Å². The summed E-state index contributed by atoms with van der Waals surface area (Å²) in [5.41, 5.74) is 4.10. The number of ether oxygens (including phenoxy) is 2. The Hall–Kier alpha value is -3.33. The maximum atomic E-state index is 13.3. The first kappa shape index (κ1) is 20.6. The molecule has 0 atom stereocenters. The summed E-state index contributed by atoms with van der Waals surface area (Å²) < 4.78 is 26.2. The van der Waals surface area contributed by atoms with Crippen LogP contribution in [-0.4, -0.2) is 44.0 Å². The van der Waals surface area contributed by atoms with Gasteiger partial charge in [-0.1, -0.05) is 5.21 Å². The van der Waals surface area contributed by atoms with Crippen LogP contribution in [0.5, 0.6) is 5.88 Å². The fourth-order valence-corrected chi connectivity index (χ4v) is 4.15. The van der Waals surface area contributed by atoms with Gasteiger partial charge < -0.3 is 14.4 Å². The van der Waals surface area contributed by atoms with Gasteiger partial charge in [-0.15, -0.1) is 5.10 Å². The first-order valence-electron chi connectivity index (χ1n) is 10.7. The summed E-state index contributed by atoms with van der Waals surface area (Å²) in [6.07, 6.45) is 1.56. The molecule has 5 rings (SSSR count). The number of benzene rings is 1. The molecule has 166 valence electrons. The molecule has 0 aliphatic carbocycles. The van der Waals surface area contributed by atoms with Crippen molar-refractivity contribution in [2.24, 2.45) is 5.92 Å². The number of nitrogens with zero attached hydrogens (tertiary/aromatic N) is 5. The van der Waals surface area contributed by atoms with Crippen molar-refractivity contribution in [2.45, 2.75) is 39.5 Å². The third kappa shape index (κ3) is 4.08. The van der Waals surface area contributed by atoms with Crippen molar-refractivity contribution >= 4 is 5.91 Å². The minimum absolute atomic E-state index is 0.0380. The van der Waals surface area contributed by atoms with E-state index in [2.05, 4.69) is 15.3 Å². The third-order valence-corrected chi connectivity index (χ3v) is 6.01. The van der Waals surface area contributed by atoms with Crippen LogP contribution in [0.1, 0.15) is 35.5 Å². The zero-order valence-corrected chi connectivity index (χ0v) is 17.8. The van der Waals surface area contributed by atoms with E-state index in [1.165, 1.54) is 12.1 Å². The van der Waals surface area contributed by atoms with Gasteiger partial charge in [0.25, 0.3) is 0 Å². The van der Waals surface area contributed by atoms with Crippen molar-refractivity contribution in [2.75, 3.05) is 13.2 Å². The Morgan fingerprint density at radius 1 is 1.16 bits per heavy atom. The number of amides is 1. The van der Waals surface area contributed by atoms with E-state index >= 15 is 0 Å². The molecule has 0 radical (unpaired) electrons. The molecule has 1 fully saturated rings. The topological polar surface area (TPSA) is 82.4 Å². The van der Waals surface area contributed by atoms with Gasteiger partial charge >= 0.3 is 0 Å². The van der Waals surface area contributed by atoms with Gasteiger partial charge in [-0.25, -0.2) is 14.1 Å². The van der Waals surface area contributed by atoms with Crippen LogP contribution >= 0.6 is 0 Å². The van der Waals surface area contributed by atoms with Crippen molar-refractivity contribution < 1.29 is 18.7 Å². The molecule has 0 saturated carbocycles. The number of hydrogen-bond donors (Lipinski definition) is 0. The highest BCUT2D eigenvalue weighted by Crippen LogP contribution is 2.28. The average molecular weight is 437 g/mol.